The van der Waals surface area contributed by atoms with E-state index in [1.807, 2.05) is 30.3 Å². The maximum absolute atomic E-state index is 6.11. The molecule has 0 heterocycles. The second-order valence-corrected chi connectivity index (χ2v) is 5.96. The summed E-state index contributed by atoms with van der Waals surface area (Å²) >= 11 is 0. The fourth-order valence-electron chi connectivity index (χ4n) is 3.88. The first-order valence-electron chi connectivity index (χ1n) is 7.12. The van der Waals surface area contributed by atoms with E-state index >= 15 is 0 Å². The van der Waals surface area contributed by atoms with Crippen molar-refractivity contribution in [2.75, 3.05) is 0 Å². The number of nitrogens with two attached hydrogens (primary N) is 1. The summed E-state index contributed by atoms with van der Waals surface area (Å²) in [6.45, 7) is 2.24. The highest BCUT2D eigenvalue weighted by molar-refractivity contribution is 5.97. The van der Waals surface area contributed by atoms with E-state index < -0.39 is 0 Å². The van der Waals surface area contributed by atoms with Crippen LogP contribution >= 0.6 is 0 Å². The number of hydrogen-bond acceptors (Lipinski definition) is 1. The van der Waals surface area contributed by atoms with E-state index in [-0.39, 0.29) is 0 Å². The second-order valence-electron chi connectivity index (χ2n) is 5.96. The zero-order valence-electron chi connectivity index (χ0n) is 11.0. The maximum atomic E-state index is 6.11. The average Bonchev–Trinajstić information content (AvgIpc) is 3.02. The molecule has 0 saturated heterocycles. The van der Waals surface area contributed by atoms with Gasteiger partial charge in [-0.2, -0.15) is 0 Å². The highest BCUT2D eigenvalue weighted by Gasteiger charge is 2.41. The van der Waals surface area contributed by atoms with Gasteiger partial charge in [0.2, 0.25) is 0 Å². The fraction of sp³-hybridized carbons (Fsp3) is 0.562. The van der Waals surface area contributed by atoms with Gasteiger partial charge < -0.3 is 5.73 Å². The molecule has 2 aliphatic rings. The Labute approximate surface area is 109 Å². The Kier molecular flexibility index (Phi) is 3.11. The summed E-state index contributed by atoms with van der Waals surface area (Å²) in [5.41, 5.74) is 7.16. The molecule has 2 bridgehead atoms. The molecule has 0 aromatic heterocycles. The number of hydrogen-bond donors (Lipinski definition) is 1. The topological polar surface area (TPSA) is 38.4 Å². The summed E-state index contributed by atoms with van der Waals surface area (Å²) in [6, 6.07) is 10.5. The number of fused-ring (bicyclic) bond motifs is 2. The van der Waals surface area contributed by atoms with Gasteiger partial charge >= 0.3 is 0 Å². The molecule has 0 spiro atoms. The third-order valence-corrected chi connectivity index (χ3v) is 4.82. The van der Waals surface area contributed by atoms with Crippen LogP contribution in [0.25, 0.3) is 0 Å². The van der Waals surface area contributed by atoms with Gasteiger partial charge in [0, 0.05) is 5.56 Å². The lowest BCUT2D eigenvalue weighted by atomic mass is 9.84. The average molecular weight is 242 g/mol. The predicted octanol–water partition coefficient (Wildman–Crippen LogP) is 3.22. The lowest BCUT2D eigenvalue weighted by Gasteiger charge is -2.25. The molecule has 96 valence electrons. The highest BCUT2D eigenvalue weighted by atomic mass is 14.9. The molecule has 2 saturated carbocycles. The van der Waals surface area contributed by atoms with E-state index in [9.17, 15) is 0 Å². The summed E-state index contributed by atoms with van der Waals surface area (Å²) in [5, 5.41) is 0. The first-order valence-corrected chi connectivity index (χ1v) is 7.12. The van der Waals surface area contributed by atoms with Gasteiger partial charge in [-0.05, 0) is 43.9 Å². The van der Waals surface area contributed by atoms with Gasteiger partial charge in [0.25, 0.3) is 0 Å². The minimum absolute atomic E-state index is 0.375. The lowest BCUT2D eigenvalue weighted by molar-refractivity contribution is 0.294. The Morgan fingerprint density at radius 2 is 2.00 bits per heavy atom. The van der Waals surface area contributed by atoms with E-state index in [0.717, 1.165) is 23.3 Å². The van der Waals surface area contributed by atoms with Crippen LogP contribution in [-0.4, -0.2) is 11.9 Å². The molecule has 4 atom stereocenters. The van der Waals surface area contributed by atoms with Crippen LogP contribution in [0.1, 0.15) is 38.2 Å². The monoisotopic (exact) mass is 242 g/mol. The number of benzene rings is 1. The summed E-state index contributed by atoms with van der Waals surface area (Å²) in [5.74, 6) is 3.37. The smallest absolute Gasteiger partial charge is 0.125 e. The number of amidine groups is 1. The van der Waals surface area contributed by atoms with E-state index in [4.69, 9.17) is 10.7 Å². The predicted molar refractivity (Wildman–Crippen MR) is 75.6 cm³/mol. The van der Waals surface area contributed by atoms with E-state index in [1.54, 1.807) is 0 Å². The summed E-state index contributed by atoms with van der Waals surface area (Å²) in [4.78, 5) is 4.74. The molecule has 2 nitrogen and oxygen atoms in total. The van der Waals surface area contributed by atoms with Crippen LogP contribution in [0.3, 0.4) is 0 Å². The van der Waals surface area contributed by atoms with Crippen molar-refractivity contribution < 1.29 is 0 Å². The van der Waals surface area contributed by atoms with Crippen LogP contribution in [0, 0.1) is 17.8 Å². The number of nitrogens with zero attached hydrogens (tertiary/aromatic N) is 1. The van der Waals surface area contributed by atoms with Crippen LogP contribution in [-0.2, 0) is 0 Å². The number of aliphatic imine (C=N–C) groups is 1. The molecular weight excluding hydrogens is 220 g/mol. The van der Waals surface area contributed by atoms with E-state index in [2.05, 4.69) is 6.92 Å². The third kappa shape index (κ3) is 2.16. The Morgan fingerprint density at radius 3 is 2.61 bits per heavy atom. The molecule has 2 heteroatoms. The van der Waals surface area contributed by atoms with Gasteiger partial charge in [-0.1, -0.05) is 36.8 Å². The molecule has 18 heavy (non-hydrogen) atoms. The molecule has 2 N–H and O–H groups in total. The Morgan fingerprint density at radius 1 is 1.22 bits per heavy atom. The van der Waals surface area contributed by atoms with Gasteiger partial charge in [0.15, 0.2) is 0 Å². The lowest BCUT2D eigenvalue weighted by Crippen LogP contribution is -2.25. The summed E-state index contributed by atoms with van der Waals surface area (Å²) in [7, 11) is 0. The van der Waals surface area contributed by atoms with Crippen molar-refractivity contribution in [1.82, 2.24) is 0 Å². The molecule has 0 radical (unpaired) electrons. The summed E-state index contributed by atoms with van der Waals surface area (Å²) < 4.78 is 0. The first kappa shape index (κ1) is 11.8. The fourth-order valence-corrected chi connectivity index (χ4v) is 3.88. The van der Waals surface area contributed by atoms with E-state index in [0.29, 0.717) is 11.9 Å². The van der Waals surface area contributed by atoms with Gasteiger partial charge in [-0.15, -0.1) is 0 Å². The van der Waals surface area contributed by atoms with Crippen LogP contribution in [0.2, 0.25) is 0 Å². The van der Waals surface area contributed by atoms with Crippen LogP contribution in [0.5, 0.6) is 0 Å². The minimum Gasteiger partial charge on any atom is -0.383 e. The van der Waals surface area contributed by atoms with Gasteiger partial charge in [-0.25, -0.2) is 0 Å². The molecular formula is C16H22N2. The molecule has 2 aliphatic carbocycles. The maximum Gasteiger partial charge on any atom is 0.125 e. The van der Waals surface area contributed by atoms with Crippen LogP contribution in [0.4, 0.5) is 0 Å². The molecule has 3 rings (SSSR count). The zero-order chi connectivity index (χ0) is 12.5. The third-order valence-electron chi connectivity index (χ3n) is 4.82. The molecule has 0 amide bonds. The van der Waals surface area contributed by atoms with Crippen molar-refractivity contribution in [2.24, 2.45) is 28.5 Å². The van der Waals surface area contributed by atoms with Gasteiger partial charge in [-0.3, -0.25) is 4.99 Å². The van der Waals surface area contributed by atoms with Crippen molar-refractivity contribution in [1.29, 1.82) is 0 Å². The largest absolute Gasteiger partial charge is 0.383 e. The SMILES string of the molecule is CC(N=C(N)c1ccccc1)C1CC2CCC1C2. The molecule has 2 fully saturated rings. The molecule has 0 aliphatic heterocycles. The molecule has 1 aromatic rings. The van der Waals surface area contributed by atoms with Crippen molar-refractivity contribution >= 4 is 5.84 Å². The van der Waals surface area contributed by atoms with Crippen molar-refractivity contribution in [3.8, 4) is 0 Å². The summed E-state index contributed by atoms with van der Waals surface area (Å²) in [6.07, 6.45) is 5.68. The van der Waals surface area contributed by atoms with Crippen molar-refractivity contribution in [3.63, 3.8) is 0 Å². The number of rotatable bonds is 3. The van der Waals surface area contributed by atoms with Crippen molar-refractivity contribution in [3.05, 3.63) is 35.9 Å². The zero-order valence-corrected chi connectivity index (χ0v) is 11.0. The van der Waals surface area contributed by atoms with Crippen molar-refractivity contribution in [2.45, 2.75) is 38.6 Å². The normalized spacial score (nSPS) is 32.7. The Bertz CT molecular complexity index is 438. The quantitative estimate of drug-likeness (QED) is 0.641. The minimum atomic E-state index is 0.375. The van der Waals surface area contributed by atoms with Gasteiger partial charge in [0.05, 0.1) is 6.04 Å². The van der Waals surface area contributed by atoms with E-state index in [1.165, 1.54) is 25.7 Å². The highest BCUT2D eigenvalue weighted by Crippen LogP contribution is 2.50. The van der Waals surface area contributed by atoms with Crippen LogP contribution in [0.15, 0.2) is 35.3 Å². The Hall–Kier alpha value is -1.31. The Balaban J connectivity index is 1.72. The molecule has 4 unspecified atom stereocenters. The first-order chi connectivity index (χ1) is 8.74. The second kappa shape index (κ2) is 4.75. The standard InChI is InChI=1S/C16H22N2/c1-11(15-10-12-7-8-14(15)9-12)18-16(17)13-5-3-2-4-6-13/h2-6,11-12,14-15H,7-10H2,1H3,(H2,17,18). The molecule has 1 aromatic carbocycles. The van der Waals surface area contributed by atoms with Gasteiger partial charge in [0.1, 0.15) is 5.84 Å². The van der Waals surface area contributed by atoms with Crippen LogP contribution < -0.4 is 5.73 Å².